The predicted molar refractivity (Wildman–Crippen MR) is 92.3 cm³/mol. The number of aromatic nitrogens is 4. The van der Waals surface area contributed by atoms with E-state index in [1.54, 1.807) is 0 Å². The van der Waals surface area contributed by atoms with Crippen LogP contribution in [0.2, 0.25) is 0 Å². The maximum Gasteiger partial charge on any atom is 0.205 e. The third kappa shape index (κ3) is 3.29. The van der Waals surface area contributed by atoms with Crippen molar-refractivity contribution in [3.63, 3.8) is 0 Å². The van der Waals surface area contributed by atoms with Crippen molar-refractivity contribution < 1.29 is 0 Å². The first-order valence-corrected chi connectivity index (χ1v) is 9.26. The van der Waals surface area contributed by atoms with Crippen molar-refractivity contribution >= 4 is 22.5 Å². The lowest BCUT2D eigenvalue weighted by Gasteiger charge is -2.22. The SMILES string of the molecule is CCc1nsc(N2CCCN(c3ccnc(C4CC4)n3)CC2)n1. The van der Waals surface area contributed by atoms with E-state index < -0.39 is 0 Å². The van der Waals surface area contributed by atoms with E-state index >= 15 is 0 Å². The van der Waals surface area contributed by atoms with Gasteiger partial charge in [0.05, 0.1) is 0 Å². The smallest absolute Gasteiger partial charge is 0.205 e. The average Bonchev–Trinajstić information content (AvgIpc) is 3.38. The van der Waals surface area contributed by atoms with E-state index in [0.717, 1.165) is 61.6 Å². The lowest BCUT2D eigenvalue weighted by atomic mass is 10.3. The topological polar surface area (TPSA) is 58.0 Å². The Morgan fingerprint density at radius 3 is 2.74 bits per heavy atom. The van der Waals surface area contributed by atoms with Crippen molar-refractivity contribution in [1.29, 1.82) is 0 Å². The van der Waals surface area contributed by atoms with Gasteiger partial charge in [0.25, 0.3) is 0 Å². The van der Waals surface area contributed by atoms with Crippen molar-refractivity contribution in [2.24, 2.45) is 0 Å². The molecule has 0 aromatic carbocycles. The summed E-state index contributed by atoms with van der Waals surface area (Å²) < 4.78 is 4.41. The molecule has 2 aliphatic rings. The predicted octanol–water partition coefficient (Wildman–Crippen LogP) is 2.48. The molecule has 0 bridgehead atoms. The van der Waals surface area contributed by atoms with Crippen LogP contribution < -0.4 is 9.80 Å². The third-order valence-corrected chi connectivity index (χ3v) is 5.28. The van der Waals surface area contributed by atoms with E-state index in [2.05, 4.69) is 31.1 Å². The summed E-state index contributed by atoms with van der Waals surface area (Å²) in [6.45, 7) is 6.12. The lowest BCUT2D eigenvalue weighted by Crippen LogP contribution is -2.31. The van der Waals surface area contributed by atoms with Gasteiger partial charge in [-0.3, -0.25) is 0 Å². The monoisotopic (exact) mass is 330 g/mol. The van der Waals surface area contributed by atoms with Crippen LogP contribution in [0.15, 0.2) is 12.3 Å². The summed E-state index contributed by atoms with van der Waals surface area (Å²) in [6.07, 6.45) is 6.42. The minimum absolute atomic E-state index is 0.604. The van der Waals surface area contributed by atoms with Gasteiger partial charge in [-0.1, -0.05) is 6.92 Å². The van der Waals surface area contributed by atoms with Gasteiger partial charge in [0.15, 0.2) is 0 Å². The van der Waals surface area contributed by atoms with Crippen molar-refractivity contribution in [3.8, 4) is 0 Å². The molecule has 1 aliphatic carbocycles. The third-order valence-electron chi connectivity index (χ3n) is 4.47. The van der Waals surface area contributed by atoms with Crippen LogP contribution in [0.4, 0.5) is 10.9 Å². The molecule has 23 heavy (non-hydrogen) atoms. The second-order valence-corrected chi connectivity index (χ2v) is 6.95. The number of anilines is 2. The van der Waals surface area contributed by atoms with E-state index in [4.69, 9.17) is 4.98 Å². The van der Waals surface area contributed by atoms with Crippen molar-refractivity contribution in [2.75, 3.05) is 36.0 Å². The quantitative estimate of drug-likeness (QED) is 0.858. The van der Waals surface area contributed by atoms with E-state index in [-0.39, 0.29) is 0 Å². The number of nitrogens with zero attached hydrogens (tertiary/aromatic N) is 6. The number of rotatable bonds is 4. The zero-order valence-corrected chi connectivity index (χ0v) is 14.3. The average molecular weight is 330 g/mol. The molecule has 6 nitrogen and oxygen atoms in total. The highest BCUT2D eigenvalue weighted by Crippen LogP contribution is 2.38. The molecule has 1 saturated carbocycles. The first-order valence-electron chi connectivity index (χ1n) is 8.49. The van der Waals surface area contributed by atoms with Crippen LogP contribution in [0.1, 0.15) is 43.8 Å². The van der Waals surface area contributed by atoms with Gasteiger partial charge in [0, 0.05) is 56.2 Å². The second-order valence-electron chi connectivity index (χ2n) is 6.22. The largest absolute Gasteiger partial charge is 0.355 e. The molecule has 1 saturated heterocycles. The van der Waals surface area contributed by atoms with Crippen LogP contribution in [-0.4, -0.2) is 45.5 Å². The molecule has 0 unspecified atom stereocenters. The summed E-state index contributed by atoms with van der Waals surface area (Å²) in [4.78, 5) is 18.6. The van der Waals surface area contributed by atoms with E-state index in [9.17, 15) is 0 Å². The molecule has 2 fully saturated rings. The molecule has 0 spiro atoms. The minimum atomic E-state index is 0.604. The molecule has 0 amide bonds. The Hall–Kier alpha value is -1.76. The van der Waals surface area contributed by atoms with E-state index in [1.807, 2.05) is 12.3 Å². The fourth-order valence-corrected chi connectivity index (χ4v) is 3.73. The molecule has 2 aromatic rings. The number of hydrogen-bond donors (Lipinski definition) is 0. The molecule has 122 valence electrons. The molecular weight excluding hydrogens is 308 g/mol. The van der Waals surface area contributed by atoms with Gasteiger partial charge in [-0.2, -0.15) is 4.37 Å². The molecule has 0 radical (unpaired) electrons. The first-order chi connectivity index (χ1) is 11.3. The molecule has 7 heteroatoms. The van der Waals surface area contributed by atoms with E-state index in [0.29, 0.717) is 5.92 Å². The zero-order valence-electron chi connectivity index (χ0n) is 13.5. The molecule has 2 aromatic heterocycles. The summed E-state index contributed by atoms with van der Waals surface area (Å²) in [7, 11) is 0. The lowest BCUT2D eigenvalue weighted by molar-refractivity contribution is 0.785. The van der Waals surface area contributed by atoms with Crippen molar-refractivity contribution in [3.05, 3.63) is 23.9 Å². The highest BCUT2D eigenvalue weighted by atomic mass is 32.1. The maximum absolute atomic E-state index is 4.79. The van der Waals surface area contributed by atoms with Crippen LogP contribution in [0.5, 0.6) is 0 Å². The number of hydrogen-bond acceptors (Lipinski definition) is 7. The Bertz CT molecular complexity index is 668. The Balaban J connectivity index is 1.45. The van der Waals surface area contributed by atoms with Crippen LogP contribution >= 0.6 is 11.5 Å². The summed E-state index contributed by atoms with van der Waals surface area (Å²) in [5, 5.41) is 1.06. The Kier molecular flexibility index (Phi) is 4.11. The fraction of sp³-hybridized carbons (Fsp3) is 0.625. The standard InChI is InChI=1S/C16H22N6S/c1-2-13-18-16(23-20-13)22-9-3-8-21(10-11-22)14-6-7-17-15(19-14)12-4-5-12/h6-7,12H,2-5,8-11H2,1H3. The van der Waals surface area contributed by atoms with Gasteiger partial charge < -0.3 is 9.80 Å². The summed E-state index contributed by atoms with van der Waals surface area (Å²) >= 11 is 1.52. The molecule has 1 aliphatic heterocycles. The summed E-state index contributed by atoms with van der Waals surface area (Å²) in [5.74, 6) is 3.67. The maximum atomic E-state index is 4.79. The highest BCUT2D eigenvalue weighted by molar-refractivity contribution is 7.09. The molecule has 3 heterocycles. The highest BCUT2D eigenvalue weighted by Gasteiger charge is 2.27. The fourth-order valence-electron chi connectivity index (χ4n) is 2.93. The molecule has 0 N–H and O–H groups in total. The molecule has 4 rings (SSSR count). The molecule has 0 atom stereocenters. The summed E-state index contributed by atoms with van der Waals surface area (Å²) in [5.41, 5.74) is 0. The summed E-state index contributed by atoms with van der Waals surface area (Å²) in [6, 6.07) is 2.04. The van der Waals surface area contributed by atoms with Crippen LogP contribution in [0, 0.1) is 0 Å². The Morgan fingerprint density at radius 1 is 1.13 bits per heavy atom. The van der Waals surface area contributed by atoms with Crippen LogP contribution in [0.3, 0.4) is 0 Å². The van der Waals surface area contributed by atoms with Crippen molar-refractivity contribution in [2.45, 2.75) is 38.5 Å². The Labute approximate surface area is 140 Å². The zero-order chi connectivity index (χ0) is 15.6. The normalized spacial score (nSPS) is 19.0. The van der Waals surface area contributed by atoms with Gasteiger partial charge in [-0.25, -0.2) is 15.0 Å². The van der Waals surface area contributed by atoms with Crippen LogP contribution in [0.25, 0.3) is 0 Å². The van der Waals surface area contributed by atoms with Gasteiger partial charge in [-0.15, -0.1) is 0 Å². The first kappa shape index (κ1) is 14.8. The number of aryl methyl sites for hydroxylation is 1. The Morgan fingerprint density at radius 2 is 1.96 bits per heavy atom. The second kappa shape index (κ2) is 6.39. The van der Waals surface area contributed by atoms with E-state index in [1.165, 1.54) is 24.4 Å². The van der Waals surface area contributed by atoms with Crippen molar-refractivity contribution in [1.82, 2.24) is 19.3 Å². The van der Waals surface area contributed by atoms with Gasteiger partial charge in [0.2, 0.25) is 5.13 Å². The molecular formula is C16H22N6S. The van der Waals surface area contributed by atoms with Gasteiger partial charge >= 0.3 is 0 Å². The van der Waals surface area contributed by atoms with Gasteiger partial charge in [-0.05, 0) is 25.3 Å². The minimum Gasteiger partial charge on any atom is -0.355 e. The van der Waals surface area contributed by atoms with Crippen LogP contribution in [-0.2, 0) is 6.42 Å². The van der Waals surface area contributed by atoms with Gasteiger partial charge in [0.1, 0.15) is 17.5 Å².